The Morgan fingerprint density at radius 2 is 0.759 bits per heavy atom. The third kappa shape index (κ3) is 18.7. The van der Waals surface area contributed by atoms with Gasteiger partial charge in [0.25, 0.3) is 20.2 Å². The van der Waals surface area contributed by atoms with Gasteiger partial charge in [0, 0.05) is 36.8 Å². The molecule has 0 bridgehead atoms. The Bertz CT molecular complexity index is 3230. The molecular formula is C65H84N2O18S2+2. The number of carbonyl (C=O) groups is 2. The van der Waals surface area contributed by atoms with Gasteiger partial charge >= 0.3 is 11.9 Å². The number of nitrogens with zero attached hydrogens (tertiary/aromatic N) is 2. The molecule has 2 N–H and O–H groups in total. The molecule has 0 aliphatic carbocycles. The Morgan fingerprint density at radius 1 is 0.437 bits per heavy atom. The minimum atomic E-state index is -4.00. The van der Waals surface area contributed by atoms with E-state index >= 15 is 0 Å². The molecule has 0 aromatic heterocycles. The predicted molar refractivity (Wildman–Crippen MR) is 328 cm³/mol. The maximum Gasteiger partial charge on any atom is 0.311 e. The Balaban J connectivity index is 0.000000507. The van der Waals surface area contributed by atoms with Gasteiger partial charge < -0.3 is 56.3 Å². The molecule has 22 heteroatoms. The molecule has 20 nitrogen and oxygen atoms in total. The summed E-state index contributed by atoms with van der Waals surface area (Å²) in [4.78, 5) is 26.3. The van der Waals surface area contributed by atoms with Gasteiger partial charge in [-0.05, 0) is 114 Å². The topological polar surface area (TPSA) is 235 Å². The second-order valence-corrected chi connectivity index (χ2v) is 24.4. The van der Waals surface area contributed by atoms with Gasteiger partial charge in [0.1, 0.15) is 12.1 Å². The lowest BCUT2D eigenvalue weighted by Crippen LogP contribution is -2.53. The number of fused-ring (bicyclic) bond motifs is 2. The zero-order chi connectivity index (χ0) is 63.4. The fraction of sp³-hybridized carbons (Fsp3) is 0.415. The van der Waals surface area contributed by atoms with Crippen molar-refractivity contribution in [3.63, 3.8) is 0 Å². The van der Waals surface area contributed by atoms with Crippen molar-refractivity contribution in [2.24, 2.45) is 0 Å². The highest BCUT2D eigenvalue weighted by molar-refractivity contribution is 7.86. The Hall–Kier alpha value is -7.60. The number of hydrogen-bond donors (Lipinski definition) is 2. The molecule has 6 aromatic carbocycles. The molecule has 2 aliphatic rings. The van der Waals surface area contributed by atoms with E-state index in [0.717, 1.165) is 56.3 Å². The largest absolute Gasteiger partial charge is 0.493 e. The van der Waals surface area contributed by atoms with Gasteiger partial charge in [-0.2, -0.15) is 16.8 Å². The van der Waals surface area contributed by atoms with Crippen molar-refractivity contribution in [3.05, 3.63) is 155 Å². The van der Waals surface area contributed by atoms with E-state index in [1.165, 1.54) is 46.5 Å². The van der Waals surface area contributed by atoms with E-state index in [1.807, 2.05) is 24.3 Å². The lowest BCUT2D eigenvalue weighted by molar-refractivity contribution is -0.940. The Labute approximate surface area is 512 Å². The average Bonchev–Trinajstić information content (AvgIpc) is 1.78. The van der Waals surface area contributed by atoms with Crippen LogP contribution in [0.2, 0.25) is 0 Å². The fourth-order valence-electron chi connectivity index (χ4n) is 11.1. The van der Waals surface area contributed by atoms with Gasteiger partial charge in [-0.25, -0.2) is 0 Å². The molecule has 2 aliphatic heterocycles. The quantitative estimate of drug-likeness (QED) is 0.0222. The summed E-state index contributed by atoms with van der Waals surface area (Å²) in [6.07, 6.45) is 5.85. The summed E-state index contributed by atoms with van der Waals surface area (Å²) < 4.78 is 116. The second-order valence-electron chi connectivity index (χ2n) is 21.6. The summed E-state index contributed by atoms with van der Waals surface area (Å²) in [6.45, 7) is 3.57. The molecule has 0 amide bonds. The van der Waals surface area contributed by atoms with Crippen LogP contribution in [0.1, 0.15) is 77.6 Å². The second kappa shape index (κ2) is 31.9. The lowest BCUT2D eigenvalue weighted by atomic mass is 9.86. The van der Waals surface area contributed by atoms with Crippen molar-refractivity contribution >= 4 is 32.2 Å². The summed E-state index contributed by atoms with van der Waals surface area (Å²) in [5.41, 5.74) is 7.00. The van der Waals surface area contributed by atoms with Crippen molar-refractivity contribution < 1.29 is 91.9 Å². The molecule has 472 valence electrons. The van der Waals surface area contributed by atoms with Crippen LogP contribution in [-0.2, 0) is 65.0 Å². The van der Waals surface area contributed by atoms with Crippen LogP contribution in [0.3, 0.4) is 0 Å². The summed E-state index contributed by atoms with van der Waals surface area (Å²) >= 11 is 0. The number of likely N-dealkylation sites (N-methyl/N-ethyl adjacent to an activating group) is 2. The molecule has 0 spiro atoms. The number of esters is 2. The number of rotatable bonds is 26. The summed E-state index contributed by atoms with van der Waals surface area (Å²) in [5, 5.41) is 0. The third-order valence-corrected chi connectivity index (χ3v) is 17.8. The first-order valence-electron chi connectivity index (χ1n) is 28.5. The smallest absolute Gasteiger partial charge is 0.311 e. The maximum atomic E-state index is 13.2. The van der Waals surface area contributed by atoms with Crippen LogP contribution in [0.4, 0.5) is 0 Å². The maximum absolute atomic E-state index is 13.2. The standard InChI is InChI=1S/C53H72N2O12.2C6H6O3S/c1-54(22-18-38-32-48(62-7)50(64-9)34-40(38)42(54)28-36-14-16-44(58-3)46(30-36)60-5)24-20-52(56)66-26-12-11-13-27-67-53(57)21-25-55(2)23-19-39-33-49(63-8)51(65-10)35-41(39)43(55)29-37-15-17-45(59-4)47(31-37)61-6;2*7-10(8,9)6-4-2-1-3-5-6/h14-17,30-35,42-43H,11-13,18-29H2,1-10H3;2*1-5H,(H,7,8,9)/q+2;;/t42-,43-,54-,55-;;/m1../s1. The van der Waals surface area contributed by atoms with Gasteiger partial charge in [-0.3, -0.25) is 18.7 Å². The van der Waals surface area contributed by atoms with Crippen molar-refractivity contribution in [1.29, 1.82) is 0 Å². The minimum absolute atomic E-state index is 0.0393. The predicted octanol–water partition coefficient (Wildman–Crippen LogP) is 9.93. The number of hydrogen-bond acceptors (Lipinski definition) is 16. The number of methoxy groups -OCH3 is 8. The van der Waals surface area contributed by atoms with E-state index in [0.29, 0.717) is 107 Å². The number of ether oxygens (including phenoxy) is 10. The molecule has 0 fully saturated rings. The summed E-state index contributed by atoms with van der Waals surface area (Å²) in [5.74, 6) is 5.06. The average molecular weight is 1250 g/mol. The summed E-state index contributed by atoms with van der Waals surface area (Å²) in [7, 11) is 9.61. The molecule has 4 atom stereocenters. The van der Waals surface area contributed by atoms with Crippen LogP contribution in [0.15, 0.2) is 131 Å². The molecule has 6 aromatic rings. The first kappa shape index (κ1) is 68.5. The highest BCUT2D eigenvalue weighted by Crippen LogP contribution is 2.45. The van der Waals surface area contributed by atoms with Crippen LogP contribution in [0.25, 0.3) is 0 Å². The van der Waals surface area contributed by atoms with Gasteiger partial charge in [-0.1, -0.05) is 48.5 Å². The molecule has 0 unspecified atom stereocenters. The molecular weight excluding hydrogens is 1160 g/mol. The number of benzene rings is 6. The van der Waals surface area contributed by atoms with Crippen LogP contribution < -0.4 is 37.9 Å². The van der Waals surface area contributed by atoms with Crippen LogP contribution in [0, 0.1) is 0 Å². The highest BCUT2D eigenvalue weighted by atomic mass is 32.2. The van der Waals surface area contributed by atoms with E-state index in [1.54, 1.807) is 93.3 Å². The third-order valence-electron chi connectivity index (χ3n) is 16.1. The van der Waals surface area contributed by atoms with E-state index in [2.05, 4.69) is 50.5 Å². The van der Waals surface area contributed by atoms with E-state index in [9.17, 15) is 26.4 Å². The van der Waals surface area contributed by atoms with Crippen LogP contribution in [-0.4, -0.2) is 157 Å². The Morgan fingerprint density at radius 3 is 1.07 bits per heavy atom. The van der Waals surface area contributed by atoms with Crippen molar-refractivity contribution in [1.82, 2.24) is 0 Å². The first-order valence-corrected chi connectivity index (χ1v) is 31.4. The zero-order valence-corrected chi connectivity index (χ0v) is 53.1. The van der Waals surface area contributed by atoms with Gasteiger partial charge in [-0.15, -0.1) is 0 Å². The molecule has 2 heterocycles. The number of quaternary nitrogens is 2. The van der Waals surface area contributed by atoms with E-state index < -0.39 is 20.2 Å². The van der Waals surface area contributed by atoms with Crippen molar-refractivity contribution in [3.8, 4) is 46.0 Å². The van der Waals surface area contributed by atoms with Crippen molar-refractivity contribution in [2.45, 2.75) is 79.7 Å². The van der Waals surface area contributed by atoms with Gasteiger partial charge in [0.2, 0.25) is 0 Å². The highest BCUT2D eigenvalue weighted by Gasteiger charge is 2.42. The number of carbonyl (C=O) groups excluding carboxylic acids is 2. The lowest BCUT2D eigenvalue weighted by Gasteiger charge is -2.46. The minimum Gasteiger partial charge on any atom is -0.493 e. The van der Waals surface area contributed by atoms with Crippen LogP contribution in [0.5, 0.6) is 46.0 Å². The normalized spacial score (nSPS) is 17.7. The number of unbranched alkanes of at least 4 members (excludes halogenated alkanes) is 2. The molecule has 8 rings (SSSR count). The van der Waals surface area contributed by atoms with Gasteiger partial charge in [0.15, 0.2) is 46.0 Å². The molecule has 87 heavy (non-hydrogen) atoms. The Kier molecular flexibility index (Phi) is 25.1. The van der Waals surface area contributed by atoms with E-state index in [4.69, 9.17) is 56.5 Å². The molecule has 0 radical (unpaired) electrons. The monoisotopic (exact) mass is 1240 g/mol. The molecule has 0 saturated carbocycles. The summed E-state index contributed by atoms with van der Waals surface area (Å²) in [6, 6.07) is 35.3. The van der Waals surface area contributed by atoms with Crippen molar-refractivity contribution in [2.75, 3.05) is 110 Å². The van der Waals surface area contributed by atoms with Crippen LogP contribution >= 0.6 is 0 Å². The van der Waals surface area contributed by atoms with Gasteiger partial charge in [0.05, 0.1) is 133 Å². The first-order chi connectivity index (χ1) is 41.6. The zero-order valence-electron chi connectivity index (χ0n) is 51.4. The molecule has 0 saturated heterocycles. The SMILES string of the molecule is COc1ccc(C[C@@H]2c3cc(OC)c(OC)cc3CC[N@+]2(C)CCC(=O)OCCCCCOC(=O)CC[N@@+]2(C)CCc3cc(OC)c(OC)cc3[C@H]2Cc2ccc(OC)c(OC)c2)cc1OC.O=S(=O)(O)c1ccccc1.O=S(=O)(O)c1ccccc1. The van der Waals surface area contributed by atoms with E-state index in [-0.39, 0.29) is 33.8 Å². The fourth-order valence-corrected chi connectivity index (χ4v) is 12.1.